The van der Waals surface area contributed by atoms with Crippen molar-refractivity contribution in [3.05, 3.63) is 42.0 Å². The van der Waals surface area contributed by atoms with Crippen molar-refractivity contribution in [3.8, 4) is 5.75 Å². The first-order chi connectivity index (χ1) is 11.1. The molecule has 1 aliphatic rings. The van der Waals surface area contributed by atoms with Crippen LogP contribution in [0, 0.1) is 0 Å². The van der Waals surface area contributed by atoms with Crippen molar-refractivity contribution < 1.29 is 9.53 Å². The second-order valence-electron chi connectivity index (χ2n) is 6.58. The van der Waals surface area contributed by atoms with Gasteiger partial charge in [-0.1, -0.05) is 37.1 Å². The standard InChI is InChI=1S/C20H25NO2/c1-14(20(22)21(2)18-6-4-5-7-18)15-8-9-17-13-19(23-3)11-10-16(17)12-15/h8-14,18H,4-7H2,1-3H3/t14-/m1/s1. The predicted octanol–water partition coefficient (Wildman–Crippen LogP) is 4.35. The summed E-state index contributed by atoms with van der Waals surface area (Å²) in [7, 11) is 3.63. The summed E-state index contributed by atoms with van der Waals surface area (Å²) >= 11 is 0. The molecular weight excluding hydrogens is 286 g/mol. The largest absolute Gasteiger partial charge is 0.497 e. The highest BCUT2D eigenvalue weighted by molar-refractivity contribution is 5.88. The van der Waals surface area contributed by atoms with E-state index in [1.165, 1.54) is 12.8 Å². The number of methoxy groups -OCH3 is 1. The SMILES string of the molecule is COc1ccc2cc([C@@H](C)C(=O)N(C)C3CCCC3)ccc2c1. The molecule has 122 valence electrons. The monoisotopic (exact) mass is 311 g/mol. The molecule has 23 heavy (non-hydrogen) atoms. The molecule has 0 aromatic heterocycles. The Morgan fingerprint density at radius 2 is 1.78 bits per heavy atom. The minimum atomic E-state index is -0.105. The Balaban J connectivity index is 1.82. The van der Waals surface area contributed by atoms with Gasteiger partial charge in [0.1, 0.15) is 5.75 Å². The van der Waals surface area contributed by atoms with Gasteiger partial charge in [-0.25, -0.2) is 0 Å². The summed E-state index contributed by atoms with van der Waals surface area (Å²) in [5, 5.41) is 2.28. The molecule has 1 saturated carbocycles. The molecule has 2 aromatic rings. The van der Waals surface area contributed by atoms with Crippen LogP contribution in [-0.4, -0.2) is 31.0 Å². The molecule has 0 N–H and O–H groups in total. The van der Waals surface area contributed by atoms with Gasteiger partial charge in [0, 0.05) is 13.1 Å². The molecule has 0 aliphatic heterocycles. The van der Waals surface area contributed by atoms with Gasteiger partial charge in [0.25, 0.3) is 0 Å². The van der Waals surface area contributed by atoms with Crippen LogP contribution >= 0.6 is 0 Å². The van der Waals surface area contributed by atoms with Crippen molar-refractivity contribution in [1.82, 2.24) is 4.90 Å². The number of nitrogens with zero attached hydrogens (tertiary/aromatic N) is 1. The lowest BCUT2D eigenvalue weighted by atomic mass is 9.96. The Morgan fingerprint density at radius 3 is 2.48 bits per heavy atom. The second kappa shape index (κ2) is 6.61. The maximum atomic E-state index is 12.8. The van der Waals surface area contributed by atoms with Crippen molar-refractivity contribution in [3.63, 3.8) is 0 Å². The summed E-state index contributed by atoms with van der Waals surface area (Å²) in [6, 6.07) is 12.7. The number of amides is 1. The quantitative estimate of drug-likeness (QED) is 0.840. The van der Waals surface area contributed by atoms with E-state index in [1.807, 2.05) is 31.0 Å². The smallest absolute Gasteiger partial charge is 0.229 e. The average molecular weight is 311 g/mol. The summed E-state index contributed by atoms with van der Waals surface area (Å²) in [4.78, 5) is 14.7. The molecule has 0 unspecified atom stereocenters. The van der Waals surface area contributed by atoms with Crippen LogP contribution in [0.1, 0.15) is 44.1 Å². The fourth-order valence-electron chi connectivity index (χ4n) is 3.56. The molecular formula is C20H25NO2. The second-order valence-corrected chi connectivity index (χ2v) is 6.58. The average Bonchev–Trinajstić information content (AvgIpc) is 3.13. The number of fused-ring (bicyclic) bond motifs is 1. The molecule has 3 rings (SSSR count). The highest BCUT2D eigenvalue weighted by Crippen LogP contribution is 2.28. The van der Waals surface area contributed by atoms with Crippen molar-refractivity contribution in [2.75, 3.05) is 14.2 Å². The molecule has 0 bridgehead atoms. The summed E-state index contributed by atoms with van der Waals surface area (Å²) < 4.78 is 5.27. The maximum absolute atomic E-state index is 12.8. The van der Waals surface area contributed by atoms with Crippen LogP contribution in [-0.2, 0) is 4.79 Å². The molecule has 0 heterocycles. The molecule has 1 fully saturated rings. The maximum Gasteiger partial charge on any atom is 0.229 e. The van der Waals surface area contributed by atoms with Crippen LogP contribution in [0.15, 0.2) is 36.4 Å². The molecule has 0 radical (unpaired) electrons. The Hall–Kier alpha value is -2.03. The Labute approximate surface area is 138 Å². The number of likely N-dealkylation sites (N-methyl/N-ethyl adjacent to an activating group) is 1. The van der Waals surface area contributed by atoms with Crippen LogP contribution in [0.4, 0.5) is 0 Å². The first-order valence-electron chi connectivity index (χ1n) is 8.44. The third-order valence-corrected chi connectivity index (χ3v) is 5.16. The van der Waals surface area contributed by atoms with Gasteiger partial charge < -0.3 is 9.64 Å². The van der Waals surface area contributed by atoms with E-state index in [9.17, 15) is 4.79 Å². The summed E-state index contributed by atoms with van der Waals surface area (Å²) in [5.74, 6) is 0.979. The third kappa shape index (κ3) is 3.19. The van der Waals surface area contributed by atoms with Gasteiger partial charge in [0.15, 0.2) is 0 Å². The predicted molar refractivity (Wildman–Crippen MR) is 93.9 cm³/mol. The van der Waals surface area contributed by atoms with Gasteiger partial charge in [-0.05, 0) is 48.2 Å². The lowest BCUT2D eigenvalue weighted by Crippen LogP contribution is -2.37. The molecule has 1 atom stereocenters. The fraction of sp³-hybridized carbons (Fsp3) is 0.450. The fourth-order valence-corrected chi connectivity index (χ4v) is 3.56. The first-order valence-corrected chi connectivity index (χ1v) is 8.44. The normalized spacial score (nSPS) is 16.5. The Kier molecular flexibility index (Phi) is 4.56. The van der Waals surface area contributed by atoms with Gasteiger partial charge in [-0.15, -0.1) is 0 Å². The molecule has 3 nitrogen and oxygen atoms in total. The van der Waals surface area contributed by atoms with E-state index in [0.29, 0.717) is 6.04 Å². The van der Waals surface area contributed by atoms with E-state index < -0.39 is 0 Å². The topological polar surface area (TPSA) is 29.5 Å². The van der Waals surface area contributed by atoms with E-state index in [2.05, 4.69) is 24.3 Å². The van der Waals surface area contributed by atoms with Crippen molar-refractivity contribution in [2.24, 2.45) is 0 Å². The van der Waals surface area contributed by atoms with Crippen molar-refractivity contribution in [2.45, 2.75) is 44.6 Å². The Bertz CT molecular complexity index is 704. The minimum absolute atomic E-state index is 0.105. The summed E-state index contributed by atoms with van der Waals surface area (Å²) in [5.41, 5.74) is 1.08. The molecule has 3 heteroatoms. The van der Waals surface area contributed by atoms with Gasteiger partial charge >= 0.3 is 0 Å². The Morgan fingerprint density at radius 1 is 1.13 bits per heavy atom. The highest BCUT2D eigenvalue weighted by Gasteiger charge is 2.27. The summed E-state index contributed by atoms with van der Waals surface area (Å²) in [6.45, 7) is 2.01. The van der Waals surface area contributed by atoms with Crippen LogP contribution in [0.3, 0.4) is 0 Å². The minimum Gasteiger partial charge on any atom is -0.497 e. The first kappa shape index (κ1) is 15.9. The number of benzene rings is 2. The van der Waals surface area contributed by atoms with E-state index in [-0.39, 0.29) is 11.8 Å². The van der Waals surface area contributed by atoms with Crippen LogP contribution < -0.4 is 4.74 Å². The highest BCUT2D eigenvalue weighted by atomic mass is 16.5. The van der Waals surface area contributed by atoms with E-state index >= 15 is 0 Å². The molecule has 1 amide bonds. The van der Waals surface area contributed by atoms with Gasteiger partial charge in [0.05, 0.1) is 13.0 Å². The number of hydrogen-bond acceptors (Lipinski definition) is 2. The van der Waals surface area contributed by atoms with Crippen LogP contribution in [0.2, 0.25) is 0 Å². The van der Waals surface area contributed by atoms with E-state index in [0.717, 1.165) is 34.9 Å². The van der Waals surface area contributed by atoms with Crippen LogP contribution in [0.25, 0.3) is 10.8 Å². The van der Waals surface area contributed by atoms with E-state index in [1.54, 1.807) is 7.11 Å². The molecule has 0 spiro atoms. The van der Waals surface area contributed by atoms with Gasteiger partial charge in [0.2, 0.25) is 5.91 Å². The number of hydrogen-bond donors (Lipinski definition) is 0. The summed E-state index contributed by atoms with van der Waals surface area (Å²) in [6.07, 6.45) is 4.78. The zero-order chi connectivity index (χ0) is 16.4. The molecule has 0 saturated heterocycles. The molecule has 2 aromatic carbocycles. The van der Waals surface area contributed by atoms with Crippen LogP contribution in [0.5, 0.6) is 5.75 Å². The van der Waals surface area contributed by atoms with Crippen molar-refractivity contribution >= 4 is 16.7 Å². The van der Waals surface area contributed by atoms with E-state index in [4.69, 9.17) is 4.74 Å². The van der Waals surface area contributed by atoms with Gasteiger partial charge in [-0.3, -0.25) is 4.79 Å². The third-order valence-electron chi connectivity index (χ3n) is 5.16. The number of ether oxygens (including phenoxy) is 1. The number of carbonyl (C=O) groups is 1. The molecule has 1 aliphatic carbocycles. The van der Waals surface area contributed by atoms with Crippen molar-refractivity contribution in [1.29, 1.82) is 0 Å². The van der Waals surface area contributed by atoms with Gasteiger partial charge in [-0.2, -0.15) is 0 Å². The lowest BCUT2D eigenvalue weighted by Gasteiger charge is -2.27. The number of carbonyl (C=O) groups excluding carboxylic acids is 1. The lowest BCUT2D eigenvalue weighted by molar-refractivity contribution is -0.133. The number of rotatable bonds is 4. The zero-order valence-electron chi connectivity index (χ0n) is 14.2. The zero-order valence-corrected chi connectivity index (χ0v) is 14.2.